The number of likely N-dealkylation sites (tertiary alicyclic amines) is 1. The predicted octanol–water partition coefficient (Wildman–Crippen LogP) is 1.99. The zero-order chi connectivity index (χ0) is 14.8. The van der Waals surface area contributed by atoms with Crippen LogP contribution in [0, 0.1) is 5.92 Å². The van der Waals surface area contributed by atoms with Crippen LogP contribution in [0.3, 0.4) is 0 Å². The molecular formula is C15H27NO4. The summed E-state index contributed by atoms with van der Waals surface area (Å²) < 4.78 is 9.70. The van der Waals surface area contributed by atoms with E-state index in [9.17, 15) is 9.59 Å². The summed E-state index contributed by atoms with van der Waals surface area (Å²) in [5.41, 5.74) is 0. The van der Waals surface area contributed by atoms with E-state index in [1.165, 1.54) is 7.11 Å². The van der Waals surface area contributed by atoms with Gasteiger partial charge in [-0.3, -0.25) is 9.59 Å². The van der Waals surface area contributed by atoms with Crippen LogP contribution < -0.4 is 0 Å². The van der Waals surface area contributed by atoms with Crippen molar-refractivity contribution in [3.8, 4) is 0 Å². The average molecular weight is 285 g/mol. The molecule has 0 amide bonds. The minimum Gasteiger partial charge on any atom is -0.469 e. The molecule has 0 radical (unpaired) electrons. The molecule has 1 saturated heterocycles. The Morgan fingerprint density at radius 3 is 2.75 bits per heavy atom. The molecular weight excluding hydrogens is 258 g/mol. The van der Waals surface area contributed by atoms with Gasteiger partial charge in [0.25, 0.3) is 0 Å². The molecule has 0 aliphatic carbocycles. The van der Waals surface area contributed by atoms with E-state index in [0.717, 1.165) is 51.7 Å². The highest BCUT2D eigenvalue weighted by atomic mass is 16.5. The van der Waals surface area contributed by atoms with Crippen molar-refractivity contribution in [1.29, 1.82) is 0 Å². The van der Waals surface area contributed by atoms with Crippen LogP contribution in [0.1, 0.15) is 45.4 Å². The fraction of sp³-hybridized carbons (Fsp3) is 0.867. The Kier molecular flexibility index (Phi) is 8.26. The SMILES string of the molecule is CCOC(=O)CCCCCN1CCCC(C(=O)OC)C1. The van der Waals surface area contributed by atoms with E-state index in [-0.39, 0.29) is 17.9 Å². The zero-order valence-corrected chi connectivity index (χ0v) is 12.7. The van der Waals surface area contributed by atoms with Crippen LogP contribution in [0.25, 0.3) is 0 Å². The van der Waals surface area contributed by atoms with Crippen molar-refractivity contribution in [3.63, 3.8) is 0 Å². The largest absolute Gasteiger partial charge is 0.469 e. The molecule has 0 aromatic carbocycles. The Morgan fingerprint density at radius 2 is 2.05 bits per heavy atom. The van der Waals surface area contributed by atoms with E-state index >= 15 is 0 Å². The van der Waals surface area contributed by atoms with Crippen molar-refractivity contribution >= 4 is 11.9 Å². The summed E-state index contributed by atoms with van der Waals surface area (Å²) in [4.78, 5) is 25.0. The lowest BCUT2D eigenvalue weighted by atomic mass is 9.98. The van der Waals surface area contributed by atoms with E-state index < -0.39 is 0 Å². The molecule has 1 aliphatic rings. The van der Waals surface area contributed by atoms with Gasteiger partial charge in [-0.1, -0.05) is 6.42 Å². The van der Waals surface area contributed by atoms with Crippen molar-refractivity contribution in [2.45, 2.75) is 45.4 Å². The van der Waals surface area contributed by atoms with Crippen molar-refractivity contribution in [2.75, 3.05) is 33.4 Å². The van der Waals surface area contributed by atoms with Crippen molar-refractivity contribution < 1.29 is 19.1 Å². The third-order valence-corrected chi connectivity index (χ3v) is 3.70. The summed E-state index contributed by atoms with van der Waals surface area (Å²) in [6, 6.07) is 0. The van der Waals surface area contributed by atoms with Gasteiger partial charge in [0, 0.05) is 13.0 Å². The molecule has 1 unspecified atom stereocenters. The van der Waals surface area contributed by atoms with E-state index in [4.69, 9.17) is 9.47 Å². The van der Waals surface area contributed by atoms with Crippen molar-refractivity contribution in [3.05, 3.63) is 0 Å². The third-order valence-electron chi connectivity index (χ3n) is 3.70. The van der Waals surface area contributed by atoms with Gasteiger partial charge in [0.05, 0.1) is 19.6 Å². The summed E-state index contributed by atoms with van der Waals surface area (Å²) in [6.07, 6.45) is 5.48. The van der Waals surface area contributed by atoms with Gasteiger partial charge in [0.1, 0.15) is 0 Å². The Bertz CT molecular complexity index is 306. The van der Waals surface area contributed by atoms with Gasteiger partial charge in [0.15, 0.2) is 0 Å². The first kappa shape index (κ1) is 17.0. The number of ether oxygens (including phenoxy) is 2. The van der Waals surface area contributed by atoms with Gasteiger partial charge in [-0.2, -0.15) is 0 Å². The second kappa shape index (κ2) is 9.75. The Hall–Kier alpha value is -1.10. The summed E-state index contributed by atoms with van der Waals surface area (Å²) in [5, 5.41) is 0. The Morgan fingerprint density at radius 1 is 1.25 bits per heavy atom. The van der Waals surface area contributed by atoms with Crippen LogP contribution in [-0.2, 0) is 19.1 Å². The number of nitrogens with zero attached hydrogens (tertiary/aromatic N) is 1. The van der Waals surface area contributed by atoms with Gasteiger partial charge in [-0.25, -0.2) is 0 Å². The summed E-state index contributed by atoms with van der Waals surface area (Å²) in [6.45, 7) is 5.15. The fourth-order valence-electron chi connectivity index (χ4n) is 2.63. The molecule has 1 atom stereocenters. The maximum atomic E-state index is 11.5. The predicted molar refractivity (Wildman–Crippen MR) is 76.3 cm³/mol. The second-order valence-corrected chi connectivity index (χ2v) is 5.28. The second-order valence-electron chi connectivity index (χ2n) is 5.28. The molecule has 116 valence electrons. The van der Waals surface area contributed by atoms with E-state index in [2.05, 4.69) is 4.90 Å². The van der Waals surface area contributed by atoms with Crippen LogP contribution >= 0.6 is 0 Å². The fourth-order valence-corrected chi connectivity index (χ4v) is 2.63. The van der Waals surface area contributed by atoms with Crippen LogP contribution in [0.15, 0.2) is 0 Å². The number of rotatable bonds is 8. The number of carbonyl (C=O) groups is 2. The molecule has 1 fully saturated rings. The maximum absolute atomic E-state index is 11.5. The number of esters is 2. The van der Waals surface area contributed by atoms with E-state index in [0.29, 0.717) is 13.0 Å². The van der Waals surface area contributed by atoms with E-state index in [1.54, 1.807) is 0 Å². The molecule has 0 aromatic rings. The zero-order valence-electron chi connectivity index (χ0n) is 12.7. The number of unbranched alkanes of at least 4 members (excludes halogenated alkanes) is 2. The lowest BCUT2D eigenvalue weighted by Crippen LogP contribution is -2.39. The lowest BCUT2D eigenvalue weighted by Gasteiger charge is -2.31. The minimum absolute atomic E-state index is 0.0354. The number of hydrogen-bond acceptors (Lipinski definition) is 5. The molecule has 0 aromatic heterocycles. The highest BCUT2D eigenvalue weighted by Crippen LogP contribution is 2.18. The molecule has 0 saturated carbocycles. The summed E-state index contributed by atoms with van der Waals surface area (Å²) >= 11 is 0. The summed E-state index contributed by atoms with van der Waals surface area (Å²) in [7, 11) is 1.46. The maximum Gasteiger partial charge on any atom is 0.309 e. The van der Waals surface area contributed by atoms with Crippen LogP contribution in [0.2, 0.25) is 0 Å². The van der Waals surface area contributed by atoms with Crippen LogP contribution in [0.5, 0.6) is 0 Å². The quantitative estimate of drug-likeness (QED) is 0.504. The number of carbonyl (C=O) groups excluding carboxylic acids is 2. The van der Waals surface area contributed by atoms with Crippen molar-refractivity contribution in [2.24, 2.45) is 5.92 Å². The highest BCUT2D eigenvalue weighted by Gasteiger charge is 2.25. The van der Waals surface area contributed by atoms with Gasteiger partial charge in [-0.05, 0) is 45.7 Å². The monoisotopic (exact) mass is 285 g/mol. The Balaban J connectivity index is 2.09. The molecule has 1 rings (SSSR count). The normalized spacial score (nSPS) is 19.6. The number of piperidine rings is 1. The molecule has 20 heavy (non-hydrogen) atoms. The number of methoxy groups -OCH3 is 1. The third kappa shape index (κ3) is 6.37. The van der Waals surface area contributed by atoms with Crippen molar-refractivity contribution in [1.82, 2.24) is 4.90 Å². The molecule has 0 spiro atoms. The average Bonchev–Trinajstić information content (AvgIpc) is 2.46. The first-order valence-electron chi connectivity index (χ1n) is 7.63. The molecule has 5 heteroatoms. The van der Waals surface area contributed by atoms with Gasteiger partial charge < -0.3 is 14.4 Å². The molecule has 5 nitrogen and oxygen atoms in total. The van der Waals surface area contributed by atoms with Gasteiger partial charge in [-0.15, -0.1) is 0 Å². The lowest BCUT2D eigenvalue weighted by molar-refractivity contribution is -0.147. The first-order chi connectivity index (χ1) is 9.67. The molecule has 1 heterocycles. The number of hydrogen-bond donors (Lipinski definition) is 0. The van der Waals surface area contributed by atoms with E-state index in [1.807, 2.05) is 6.92 Å². The Labute approximate surface area is 121 Å². The van der Waals surface area contributed by atoms with Crippen LogP contribution in [0.4, 0.5) is 0 Å². The summed E-state index contributed by atoms with van der Waals surface area (Å²) in [5.74, 6) is -0.151. The molecule has 1 aliphatic heterocycles. The minimum atomic E-state index is -0.101. The van der Waals surface area contributed by atoms with Crippen LogP contribution in [-0.4, -0.2) is 50.2 Å². The molecule has 0 N–H and O–H groups in total. The smallest absolute Gasteiger partial charge is 0.309 e. The standard InChI is InChI=1S/C15H27NO4/c1-3-20-14(17)9-5-4-6-10-16-11-7-8-13(12-16)15(18)19-2/h13H,3-12H2,1-2H3. The van der Waals surface area contributed by atoms with Gasteiger partial charge in [0.2, 0.25) is 0 Å². The van der Waals surface area contributed by atoms with Gasteiger partial charge >= 0.3 is 11.9 Å². The highest BCUT2D eigenvalue weighted by molar-refractivity contribution is 5.72. The topological polar surface area (TPSA) is 55.8 Å². The molecule has 0 bridgehead atoms. The first-order valence-corrected chi connectivity index (χ1v) is 7.63.